The number of ketones is 1. The summed E-state index contributed by atoms with van der Waals surface area (Å²) in [6.07, 6.45) is 1.59. The van der Waals surface area contributed by atoms with E-state index in [1.807, 2.05) is 34.6 Å². The minimum Gasteiger partial charge on any atom is -0.461 e. The molecule has 7 aliphatic rings. The van der Waals surface area contributed by atoms with Crippen molar-refractivity contribution in [2.45, 2.75) is 90.6 Å². The van der Waals surface area contributed by atoms with Crippen LogP contribution in [0.1, 0.15) is 67.2 Å². The van der Waals surface area contributed by atoms with Gasteiger partial charge >= 0.3 is 11.9 Å². The highest BCUT2D eigenvalue weighted by Gasteiger charge is 2.83. The topological polar surface area (TPSA) is 110 Å². The molecule has 0 amide bonds. The second kappa shape index (κ2) is 7.07. The van der Waals surface area contributed by atoms with E-state index >= 15 is 0 Å². The Kier molecular flexibility index (Phi) is 4.64. The van der Waals surface area contributed by atoms with Crippen LogP contribution in [0.5, 0.6) is 0 Å². The minimum absolute atomic E-state index is 0.00106. The maximum absolute atomic E-state index is 14.2. The van der Waals surface area contributed by atoms with Crippen molar-refractivity contribution in [1.29, 1.82) is 0 Å². The Morgan fingerprint density at radius 2 is 1.43 bits per heavy atom. The Hall–Kier alpha value is -1.73. The second-order valence-corrected chi connectivity index (χ2v) is 14.2. The van der Waals surface area contributed by atoms with E-state index in [1.165, 1.54) is 0 Å². The molecular weight excluding hydrogens is 472 g/mol. The molecule has 2 bridgehead atoms. The monoisotopic (exact) mass is 512 g/mol. The highest BCUT2D eigenvalue weighted by Crippen LogP contribution is 2.79. The summed E-state index contributed by atoms with van der Waals surface area (Å²) in [5.74, 6) is -2.64. The number of hydrogen-bond acceptors (Lipinski definition) is 7. The molecule has 6 fully saturated rings. The first-order chi connectivity index (χ1) is 17.3. The van der Waals surface area contributed by atoms with E-state index in [0.717, 1.165) is 11.1 Å². The standard InChI is InChI=1S/C30H40O7/c1-11-15-7-9-28(5,34)21-17(23(15)36-26(11)32)13(3)20-18(21)19-22(31)14(4)30(20)24(19)29(6,35)10-8-16-12(2)27(33)37-25(16)30/h11-12,14-16,18-21,23-25,34-35H,7-10H2,1-6H3. The lowest BCUT2D eigenvalue weighted by atomic mass is 9.56. The molecule has 7 rings (SSSR count). The molecule has 2 saturated heterocycles. The van der Waals surface area contributed by atoms with Gasteiger partial charge in [0, 0.05) is 40.9 Å². The Labute approximate surface area is 218 Å². The molecule has 0 spiro atoms. The molecule has 15 unspecified atom stereocenters. The van der Waals surface area contributed by atoms with Crippen LogP contribution in [0, 0.1) is 64.6 Å². The number of aliphatic hydroxyl groups is 2. The van der Waals surface area contributed by atoms with Crippen molar-refractivity contribution in [3.8, 4) is 0 Å². The SMILES string of the molecule is CC1=C2C3OC(=O)C(C)C3CCC(C)(O)C2C2C3C(=O)C(C)C4(C5OC(=O)C(C)C5CCC(C)(O)C34)C12. The van der Waals surface area contributed by atoms with Crippen LogP contribution in [-0.2, 0) is 23.9 Å². The van der Waals surface area contributed by atoms with Crippen LogP contribution in [0.25, 0.3) is 0 Å². The zero-order valence-electron chi connectivity index (χ0n) is 22.7. The lowest BCUT2D eigenvalue weighted by Gasteiger charge is -2.49. The number of hydrogen-bond donors (Lipinski definition) is 2. The molecule has 0 radical (unpaired) electrons. The molecule has 2 N–H and O–H groups in total. The van der Waals surface area contributed by atoms with Crippen molar-refractivity contribution in [3.63, 3.8) is 0 Å². The summed E-state index contributed by atoms with van der Waals surface area (Å²) in [6, 6.07) is 0. The molecule has 0 aromatic heterocycles. The van der Waals surface area contributed by atoms with Crippen molar-refractivity contribution < 1.29 is 34.1 Å². The van der Waals surface area contributed by atoms with Crippen molar-refractivity contribution in [2.24, 2.45) is 64.6 Å². The highest BCUT2D eigenvalue weighted by atomic mass is 16.6. The van der Waals surface area contributed by atoms with Gasteiger partial charge in [0.1, 0.15) is 18.0 Å². The van der Waals surface area contributed by atoms with Crippen LogP contribution >= 0.6 is 0 Å². The second-order valence-electron chi connectivity index (χ2n) is 14.2. The van der Waals surface area contributed by atoms with Gasteiger partial charge in [-0.3, -0.25) is 14.4 Å². The van der Waals surface area contributed by atoms with Gasteiger partial charge in [-0.2, -0.15) is 0 Å². The van der Waals surface area contributed by atoms with Gasteiger partial charge in [-0.05, 0) is 63.9 Å². The van der Waals surface area contributed by atoms with Crippen molar-refractivity contribution in [3.05, 3.63) is 11.1 Å². The summed E-state index contributed by atoms with van der Waals surface area (Å²) in [7, 11) is 0. The molecule has 2 heterocycles. The Bertz CT molecular complexity index is 1150. The van der Waals surface area contributed by atoms with Crippen molar-refractivity contribution >= 4 is 17.7 Å². The molecule has 0 aromatic carbocycles. The molecule has 15 atom stereocenters. The van der Waals surface area contributed by atoms with E-state index in [-0.39, 0.29) is 77.1 Å². The predicted molar refractivity (Wildman–Crippen MR) is 132 cm³/mol. The smallest absolute Gasteiger partial charge is 0.309 e. The van der Waals surface area contributed by atoms with E-state index in [4.69, 9.17) is 9.47 Å². The maximum Gasteiger partial charge on any atom is 0.309 e. The molecule has 7 heteroatoms. The first kappa shape index (κ1) is 24.3. The van der Waals surface area contributed by atoms with Gasteiger partial charge in [0.15, 0.2) is 0 Å². The van der Waals surface area contributed by atoms with Crippen molar-refractivity contribution in [2.75, 3.05) is 0 Å². The van der Waals surface area contributed by atoms with Crippen LogP contribution in [0.3, 0.4) is 0 Å². The van der Waals surface area contributed by atoms with E-state index in [9.17, 15) is 24.6 Å². The third-order valence-electron chi connectivity index (χ3n) is 12.8. The van der Waals surface area contributed by atoms with Gasteiger partial charge in [0.25, 0.3) is 0 Å². The van der Waals surface area contributed by atoms with Gasteiger partial charge in [0.2, 0.25) is 0 Å². The lowest BCUT2D eigenvalue weighted by Crippen LogP contribution is -2.54. The summed E-state index contributed by atoms with van der Waals surface area (Å²) < 4.78 is 12.3. The van der Waals surface area contributed by atoms with E-state index < -0.39 is 28.6 Å². The molecule has 5 aliphatic carbocycles. The quantitative estimate of drug-likeness (QED) is 0.379. The number of allylic oxidation sites excluding steroid dienone is 1. The summed E-state index contributed by atoms with van der Waals surface area (Å²) in [5.41, 5.74) is -0.794. The Morgan fingerprint density at radius 3 is 2.14 bits per heavy atom. The molecular formula is C30H40O7. The number of ether oxygens (including phenoxy) is 2. The van der Waals surface area contributed by atoms with Gasteiger partial charge in [-0.1, -0.05) is 26.3 Å². The fourth-order valence-electron chi connectivity index (χ4n) is 11.4. The molecule has 37 heavy (non-hydrogen) atoms. The van der Waals surface area contributed by atoms with Gasteiger partial charge < -0.3 is 19.7 Å². The van der Waals surface area contributed by atoms with Crippen LogP contribution in [-0.4, -0.2) is 51.3 Å². The largest absolute Gasteiger partial charge is 0.461 e. The average Bonchev–Trinajstić information content (AvgIpc) is 3.50. The number of esters is 2. The van der Waals surface area contributed by atoms with E-state index in [0.29, 0.717) is 25.7 Å². The predicted octanol–water partition coefficient (Wildman–Crippen LogP) is 3.06. The zero-order valence-corrected chi connectivity index (χ0v) is 22.7. The van der Waals surface area contributed by atoms with E-state index in [1.54, 1.807) is 0 Å². The van der Waals surface area contributed by atoms with Crippen LogP contribution in [0.2, 0.25) is 0 Å². The summed E-state index contributed by atoms with van der Waals surface area (Å²) in [4.78, 5) is 39.9. The fourth-order valence-corrected chi connectivity index (χ4v) is 11.4. The van der Waals surface area contributed by atoms with E-state index in [2.05, 4.69) is 6.92 Å². The number of rotatable bonds is 0. The van der Waals surface area contributed by atoms with Crippen molar-refractivity contribution in [1.82, 2.24) is 0 Å². The molecule has 202 valence electrons. The minimum atomic E-state index is -1.08. The average molecular weight is 513 g/mol. The van der Waals surface area contributed by atoms with Crippen LogP contribution < -0.4 is 0 Å². The summed E-state index contributed by atoms with van der Waals surface area (Å²) >= 11 is 0. The van der Waals surface area contributed by atoms with Gasteiger partial charge in [-0.15, -0.1) is 0 Å². The Balaban J connectivity index is 1.49. The normalized spacial score (nSPS) is 59.7. The first-order valence-electron chi connectivity index (χ1n) is 14.4. The maximum atomic E-state index is 14.2. The zero-order chi connectivity index (χ0) is 26.6. The van der Waals surface area contributed by atoms with Crippen LogP contribution in [0.15, 0.2) is 11.1 Å². The third kappa shape index (κ3) is 2.55. The third-order valence-corrected chi connectivity index (χ3v) is 12.8. The molecule has 2 aliphatic heterocycles. The number of Topliss-reactive ketones (excluding diaryl/α,β-unsaturated/α-hetero) is 1. The molecule has 0 aromatic rings. The first-order valence-corrected chi connectivity index (χ1v) is 14.4. The number of fused-ring (bicyclic) bond motifs is 7. The Morgan fingerprint density at radius 1 is 0.838 bits per heavy atom. The van der Waals surface area contributed by atoms with Gasteiger partial charge in [0.05, 0.1) is 23.0 Å². The lowest BCUT2D eigenvalue weighted by molar-refractivity contribution is -0.162. The van der Waals surface area contributed by atoms with Crippen LogP contribution in [0.4, 0.5) is 0 Å². The van der Waals surface area contributed by atoms with Gasteiger partial charge in [-0.25, -0.2) is 0 Å². The number of carbonyl (C=O) groups is 3. The molecule has 4 saturated carbocycles. The highest BCUT2D eigenvalue weighted by molar-refractivity contribution is 5.91. The summed E-state index contributed by atoms with van der Waals surface area (Å²) in [5, 5.41) is 24.1. The fraction of sp³-hybridized carbons (Fsp3) is 0.833. The summed E-state index contributed by atoms with van der Waals surface area (Å²) in [6.45, 7) is 11.7. The number of carbonyl (C=O) groups excluding carboxylic acids is 3. The molecule has 7 nitrogen and oxygen atoms in total.